The molecule has 8 nitrogen and oxygen atoms in total. The molecule has 0 unspecified atom stereocenters. The van der Waals surface area contributed by atoms with Gasteiger partial charge < -0.3 is 20.9 Å². The van der Waals surface area contributed by atoms with Crippen LogP contribution in [0.1, 0.15) is 32.1 Å². The SMILES string of the molecule is N=C(N)c1ccc2cc(C(=O)Nc3ccc(NC(=O)c4ccccn4)cc3)n(Cc3cccc4ccccc34)c2c1. The Hall–Kier alpha value is -5.76. The highest BCUT2D eigenvalue weighted by Crippen LogP contribution is 2.27. The van der Waals surface area contributed by atoms with Crippen LogP contribution in [0.3, 0.4) is 0 Å². The molecule has 41 heavy (non-hydrogen) atoms. The van der Waals surface area contributed by atoms with Gasteiger partial charge in [0.05, 0.1) is 0 Å². The van der Waals surface area contributed by atoms with Gasteiger partial charge in [-0.25, -0.2) is 0 Å². The third-order valence-corrected chi connectivity index (χ3v) is 6.95. The molecule has 0 spiro atoms. The molecule has 0 radical (unpaired) electrons. The molecule has 2 aromatic heterocycles. The van der Waals surface area contributed by atoms with Crippen molar-refractivity contribution >= 4 is 50.7 Å². The highest BCUT2D eigenvalue weighted by atomic mass is 16.2. The molecule has 6 aromatic rings. The second-order valence-corrected chi connectivity index (χ2v) is 9.64. The van der Waals surface area contributed by atoms with E-state index in [0.717, 1.165) is 27.2 Å². The highest BCUT2D eigenvalue weighted by Gasteiger charge is 2.18. The first kappa shape index (κ1) is 25.5. The molecule has 0 bridgehead atoms. The monoisotopic (exact) mass is 538 g/mol. The zero-order valence-electron chi connectivity index (χ0n) is 22.0. The van der Waals surface area contributed by atoms with Crippen LogP contribution < -0.4 is 16.4 Å². The van der Waals surface area contributed by atoms with Crippen molar-refractivity contribution in [2.45, 2.75) is 6.54 Å². The summed E-state index contributed by atoms with van der Waals surface area (Å²) in [6.07, 6.45) is 1.56. The van der Waals surface area contributed by atoms with E-state index in [4.69, 9.17) is 11.1 Å². The minimum Gasteiger partial charge on any atom is -0.384 e. The van der Waals surface area contributed by atoms with E-state index in [1.54, 1.807) is 54.7 Å². The number of benzene rings is 4. The second kappa shape index (κ2) is 10.8. The van der Waals surface area contributed by atoms with Crippen molar-refractivity contribution in [1.82, 2.24) is 9.55 Å². The highest BCUT2D eigenvalue weighted by molar-refractivity contribution is 6.08. The normalized spacial score (nSPS) is 10.9. The van der Waals surface area contributed by atoms with E-state index in [-0.39, 0.29) is 17.6 Å². The maximum atomic E-state index is 13.6. The fraction of sp³-hybridized carbons (Fsp3) is 0.0303. The first-order valence-electron chi connectivity index (χ1n) is 13.0. The summed E-state index contributed by atoms with van der Waals surface area (Å²) in [5.74, 6) is -0.632. The lowest BCUT2D eigenvalue weighted by Crippen LogP contribution is -2.18. The number of amides is 2. The number of nitrogens with two attached hydrogens (primary N) is 1. The van der Waals surface area contributed by atoms with Crippen LogP contribution in [0, 0.1) is 5.41 Å². The maximum absolute atomic E-state index is 13.6. The molecule has 200 valence electrons. The number of nitrogen functional groups attached to an aromatic ring is 1. The summed E-state index contributed by atoms with van der Waals surface area (Å²) in [5.41, 5.74) is 10.2. The number of amidine groups is 1. The summed E-state index contributed by atoms with van der Waals surface area (Å²) in [5, 5.41) is 16.8. The molecule has 4 aromatic carbocycles. The van der Waals surface area contributed by atoms with Gasteiger partial charge in [-0.05, 0) is 64.9 Å². The van der Waals surface area contributed by atoms with Gasteiger partial charge in [0.1, 0.15) is 17.2 Å². The summed E-state index contributed by atoms with van der Waals surface area (Å²) in [4.78, 5) is 30.1. The van der Waals surface area contributed by atoms with Crippen LogP contribution in [-0.2, 0) is 6.54 Å². The average Bonchev–Trinajstić information content (AvgIpc) is 3.36. The number of nitrogens with zero attached hydrogens (tertiary/aromatic N) is 2. The Bertz CT molecular complexity index is 1920. The number of fused-ring (bicyclic) bond motifs is 2. The number of nitrogens with one attached hydrogen (secondary N) is 3. The number of carbonyl (C=O) groups excluding carboxylic acids is 2. The van der Waals surface area contributed by atoms with Crippen LogP contribution in [0.25, 0.3) is 21.7 Å². The van der Waals surface area contributed by atoms with E-state index in [1.165, 1.54) is 0 Å². The molecule has 2 heterocycles. The summed E-state index contributed by atoms with van der Waals surface area (Å²) in [6.45, 7) is 0.452. The number of pyridine rings is 1. The molecule has 2 amide bonds. The smallest absolute Gasteiger partial charge is 0.274 e. The van der Waals surface area contributed by atoms with E-state index in [0.29, 0.717) is 34.9 Å². The van der Waals surface area contributed by atoms with Gasteiger partial charge in [0.15, 0.2) is 0 Å². The fourth-order valence-electron chi connectivity index (χ4n) is 4.91. The number of rotatable bonds is 7. The van der Waals surface area contributed by atoms with Gasteiger partial charge in [-0.1, -0.05) is 60.7 Å². The van der Waals surface area contributed by atoms with Gasteiger partial charge in [-0.2, -0.15) is 0 Å². The summed E-state index contributed by atoms with van der Waals surface area (Å²) in [7, 11) is 0. The molecular weight excluding hydrogens is 512 g/mol. The minimum absolute atomic E-state index is 0.0361. The Balaban J connectivity index is 1.30. The van der Waals surface area contributed by atoms with Crippen LogP contribution in [-0.4, -0.2) is 27.2 Å². The molecular formula is C33H26N6O2. The fourth-order valence-corrected chi connectivity index (χ4v) is 4.91. The molecule has 0 fully saturated rings. The van der Waals surface area contributed by atoms with E-state index in [2.05, 4.69) is 39.9 Å². The summed E-state index contributed by atoms with van der Waals surface area (Å²) >= 11 is 0. The van der Waals surface area contributed by atoms with Crippen LogP contribution in [0.4, 0.5) is 11.4 Å². The first-order chi connectivity index (χ1) is 20.0. The van der Waals surface area contributed by atoms with Crippen LogP contribution in [0.15, 0.2) is 115 Å². The zero-order valence-corrected chi connectivity index (χ0v) is 22.0. The van der Waals surface area contributed by atoms with Crippen LogP contribution in [0.2, 0.25) is 0 Å². The van der Waals surface area contributed by atoms with Crippen molar-refractivity contribution < 1.29 is 9.59 Å². The van der Waals surface area contributed by atoms with Crippen LogP contribution >= 0.6 is 0 Å². The number of carbonyl (C=O) groups is 2. The lowest BCUT2D eigenvalue weighted by molar-refractivity contribution is 0.101. The predicted molar refractivity (Wildman–Crippen MR) is 163 cm³/mol. The van der Waals surface area contributed by atoms with E-state index < -0.39 is 0 Å². The minimum atomic E-state index is -0.315. The predicted octanol–water partition coefficient (Wildman–Crippen LogP) is 6.03. The standard InChI is InChI=1S/C33H26N6O2/c34-31(35)23-12-11-22-18-30(39(29(22)19-23)20-24-8-5-7-21-6-1-2-9-27(21)24)33(41)38-26-15-13-25(14-16-26)37-32(40)28-10-3-4-17-36-28/h1-19H,20H2,(H3,34,35)(H,37,40)(H,38,41). The Labute approximate surface area is 236 Å². The van der Waals surface area contributed by atoms with Gasteiger partial charge in [-0.3, -0.25) is 20.0 Å². The van der Waals surface area contributed by atoms with E-state index in [1.807, 2.05) is 41.0 Å². The molecule has 5 N–H and O–H groups in total. The molecule has 6 rings (SSSR count). The lowest BCUT2D eigenvalue weighted by atomic mass is 10.0. The van der Waals surface area contributed by atoms with Gasteiger partial charge >= 0.3 is 0 Å². The Morgan fingerprint density at radius 1 is 0.756 bits per heavy atom. The Morgan fingerprint density at radius 3 is 2.20 bits per heavy atom. The van der Waals surface area contributed by atoms with Crippen molar-refractivity contribution in [3.05, 3.63) is 138 Å². The molecule has 0 aliphatic heterocycles. The Kier molecular flexibility index (Phi) is 6.71. The lowest BCUT2D eigenvalue weighted by Gasteiger charge is -2.14. The third-order valence-electron chi connectivity index (χ3n) is 6.95. The quantitative estimate of drug-likeness (QED) is 0.146. The maximum Gasteiger partial charge on any atom is 0.274 e. The second-order valence-electron chi connectivity index (χ2n) is 9.64. The molecule has 0 aliphatic rings. The van der Waals surface area contributed by atoms with Gasteiger partial charge in [0.25, 0.3) is 11.8 Å². The largest absolute Gasteiger partial charge is 0.384 e. The number of hydrogen-bond donors (Lipinski definition) is 4. The summed E-state index contributed by atoms with van der Waals surface area (Å²) in [6, 6.07) is 33.7. The number of anilines is 2. The van der Waals surface area contributed by atoms with Gasteiger partial charge in [0, 0.05) is 40.6 Å². The van der Waals surface area contributed by atoms with Gasteiger partial charge in [0.2, 0.25) is 0 Å². The van der Waals surface area contributed by atoms with Crippen molar-refractivity contribution in [2.75, 3.05) is 10.6 Å². The molecule has 0 atom stereocenters. The zero-order chi connectivity index (χ0) is 28.3. The van der Waals surface area contributed by atoms with E-state index >= 15 is 0 Å². The number of aromatic nitrogens is 2. The van der Waals surface area contributed by atoms with Crippen molar-refractivity contribution in [1.29, 1.82) is 5.41 Å². The first-order valence-corrected chi connectivity index (χ1v) is 13.0. The van der Waals surface area contributed by atoms with Crippen molar-refractivity contribution in [3.8, 4) is 0 Å². The average molecular weight is 539 g/mol. The molecule has 8 heteroatoms. The molecule has 0 aliphatic carbocycles. The topological polar surface area (TPSA) is 126 Å². The Morgan fingerprint density at radius 2 is 1.46 bits per heavy atom. The van der Waals surface area contributed by atoms with Crippen molar-refractivity contribution in [3.63, 3.8) is 0 Å². The molecule has 0 saturated heterocycles. The third kappa shape index (κ3) is 5.26. The van der Waals surface area contributed by atoms with Gasteiger partial charge in [-0.15, -0.1) is 0 Å². The number of hydrogen-bond acceptors (Lipinski definition) is 4. The van der Waals surface area contributed by atoms with Crippen molar-refractivity contribution in [2.24, 2.45) is 5.73 Å². The van der Waals surface area contributed by atoms with Crippen LogP contribution in [0.5, 0.6) is 0 Å². The van der Waals surface area contributed by atoms with E-state index in [9.17, 15) is 9.59 Å². The molecule has 0 saturated carbocycles. The summed E-state index contributed by atoms with van der Waals surface area (Å²) < 4.78 is 1.96.